The second-order valence-corrected chi connectivity index (χ2v) is 8.48. The Labute approximate surface area is 173 Å². The van der Waals surface area contributed by atoms with Crippen LogP contribution in [0.25, 0.3) is 21.7 Å². The van der Waals surface area contributed by atoms with E-state index in [-0.39, 0.29) is 17.7 Å². The van der Waals surface area contributed by atoms with Gasteiger partial charge in [0.2, 0.25) is 11.8 Å². The second kappa shape index (κ2) is 6.71. The summed E-state index contributed by atoms with van der Waals surface area (Å²) >= 11 is 0. The number of piperidine rings is 1. The maximum absolute atomic E-state index is 12.3. The topological polar surface area (TPSA) is 71.8 Å². The first-order chi connectivity index (χ1) is 14.6. The fourth-order valence-corrected chi connectivity index (χ4v) is 4.73. The normalized spacial score (nSPS) is 23.5. The predicted octanol–water partition coefficient (Wildman–Crippen LogP) is 3.36. The maximum Gasteiger partial charge on any atom is 0.234 e. The lowest BCUT2D eigenvalue weighted by atomic mass is 9.90. The van der Waals surface area contributed by atoms with Gasteiger partial charge < -0.3 is 9.15 Å². The highest BCUT2D eigenvalue weighted by Crippen LogP contribution is 2.37. The van der Waals surface area contributed by atoms with Gasteiger partial charge in [-0.3, -0.25) is 19.8 Å². The molecule has 1 aromatic heterocycles. The molecular weight excluding hydrogens is 380 g/mol. The van der Waals surface area contributed by atoms with E-state index >= 15 is 0 Å². The SMILES string of the molecule is O=C1CC[C@@H](c2coc3cc4ccc(OCCN5CC6=CC6C5)cc4cc23)C(=O)N1. The standard InChI is InChI=1S/C24H22N2O4/c27-23-4-3-19(24(28)25-23)21-13-30-22-10-14-1-2-18(8-15(14)9-20(21)22)29-6-5-26-11-16-7-17(16)12-26/h1-2,7-10,13,16,19H,3-6,11-12H2,(H,25,27,28)/t16?,19-/m0/s1. The van der Waals surface area contributed by atoms with Crippen LogP contribution in [0.4, 0.5) is 0 Å². The van der Waals surface area contributed by atoms with Crippen molar-refractivity contribution in [3.05, 3.63) is 53.8 Å². The Morgan fingerprint density at radius 1 is 1.17 bits per heavy atom. The van der Waals surface area contributed by atoms with Crippen molar-refractivity contribution < 1.29 is 18.7 Å². The third-order valence-corrected chi connectivity index (χ3v) is 6.47. The van der Waals surface area contributed by atoms with Crippen molar-refractivity contribution in [3.8, 4) is 5.75 Å². The number of hydrogen-bond donors (Lipinski definition) is 1. The third-order valence-electron chi connectivity index (χ3n) is 6.47. The lowest BCUT2D eigenvalue weighted by Crippen LogP contribution is -2.39. The third kappa shape index (κ3) is 3.08. The van der Waals surface area contributed by atoms with Crippen molar-refractivity contribution in [2.24, 2.45) is 5.92 Å². The van der Waals surface area contributed by atoms with Crippen molar-refractivity contribution in [2.45, 2.75) is 18.8 Å². The zero-order valence-electron chi connectivity index (χ0n) is 16.5. The first kappa shape index (κ1) is 17.7. The molecule has 1 N–H and O–H groups in total. The van der Waals surface area contributed by atoms with Crippen molar-refractivity contribution >= 4 is 33.6 Å². The zero-order valence-corrected chi connectivity index (χ0v) is 16.5. The molecule has 3 aromatic rings. The molecule has 0 bridgehead atoms. The second-order valence-electron chi connectivity index (χ2n) is 8.48. The quantitative estimate of drug-likeness (QED) is 0.523. The van der Waals surface area contributed by atoms with Gasteiger partial charge in [-0.2, -0.15) is 0 Å². The number of furan rings is 1. The van der Waals surface area contributed by atoms with Crippen LogP contribution < -0.4 is 10.1 Å². The minimum absolute atomic E-state index is 0.209. The van der Waals surface area contributed by atoms with E-state index in [4.69, 9.17) is 9.15 Å². The first-order valence-corrected chi connectivity index (χ1v) is 10.5. The van der Waals surface area contributed by atoms with Gasteiger partial charge in [-0.05, 0) is 41.5 Å². The molecule has 1 aliphatic carbocycles. The molecule has 3 aliphatic rings. The summed E-state index contributed by atoms with van der Waals surface area (Å²) in [5.41, 5.74) is 3.17. The summed E-state index contributed by atoms with van der Waals surface area (Å²) in [6, 6.07) is 10.1. The van der Waals surface area contributed by atoms with Crippen LogP contribution in [0.15, 0.2) is 52.7 Å². The van der Waals surface area contributed by atoms with Gasteiger partial charge in [-0.15, -0.1) is 0 Å². The van der Waals surface area contributed by atoms with Crippen LogP contribution >= 0.6 is 0 Å². The lowest BCUT2D eigenvalue weighted by Gasteiger charge is -2.19. The van der Waals surface area contributed by atoms with Crippen LogP contribution in [0, 0.1) is 5.92 Å². The highest BCUT2D eigenvalue weighted by Gasteiger charge is 2.34. The van der Waals surface area contributed by atoms with Gasteiger partial charge in [0.05, 0.1) is 12.2 Å². The van der Waals surface area contributed by atoms with Gasteiger partial charge in [0.15, 0.2) is 0 Å². The smallest absolute Gasteiger partial charge is 0.234 e. The molecular formula is C24H22N2O4. The van der Waals surface area contributed by atoms with E-state index in [0.717, 1.165) is 58.6 Å². The summed E-state index contributed by atoms with van der Waals surface area (Å²) in [7, 11) is 0. The number of benzene rings is 2. The number of carbonyl (C=O) groups is 2. The van der Waals surface area contributed by atoms with Crippen LogP contribution in [-0.4, -0.2) is 43.0 Å². The molecule has 6 heteroatoms. The van der Waals surface area contributed by atoms with E-state index in [1.54, 1.807) is 11.8 Å². The largest absolute Gasteiger partial charge is 0.492 e. The van der Waals surface area contributed by atoms with Crippen molar-refractivity contribution in [1.29, 1.82) is 0 Å². The van der Waals surface area contributed by atoms with E-state index in [0.29, 0.717) is 19.4 Å². The Balaban J connectivity index is 1.23. The number of hydrogen-bond acceptors (Lipinski definition) is 5. The number of nitrogens with one attached hydrogen (secondary N) is 1. The maximum atomic E-state index is 12.3. The Hall–Kier alpha value is -3.12. The number of likely N-dealkylation sites (tertiary alicyclic amines) is 1. The number of ether oxygens (including phenoxy) is 1. The highest BCUT2D eigenvalue weighted by molar-refractivity contribution is 6.04. The molecule has 30 heavy (non-hydrogen) atoms. The van der Waals surface area contributed by atoms with Crippen LogP contribution in [0.2, 0.25) is 0 Å². The Kier molecular flexibility index (Phi) is 3.96. The summed E-state index contributed by atoms with van der Waals surface area (Å²) in [4.78, 5) is 26.2. The molecule has 6 nitrogen and oxygen atoms in total. The molecule has 0 saturated carbocycles. The number of fused-ring (bicyclic) bond motifs is 3. The molecule has 2 aromatic carbocycles. The van der Waals surface area contributed by atoms with Crippen LogP contribution in [0.5, 0.6) is 5.75 Å². The number of carbonyl (C=O) groups excluding carboxylic acids is 2. The number of imide groups is 1. The van der Waals surface area contributed by atoms with Gasteiger partial charge in [-0.25, -0.2) is 0 Å². The molecule has 2 amide bonds. The van der Waals surface area contributed by atoms with E-state index < -0.39 is 0 Å². The Bertz CT molecular complexity index is 1220. The molecule has 2 saturated heterocycles. The Morgan fingerprint density at radius 3 is 2.93 bits per heavy atom. The summed E-state index contributed by atoms with van der Waals surface area (Å²) in [5.74, 6) is 0.765. The predicted molar refractivity (Wildman–Crippen MR) is 112 cm³/mol. The molecule has 2 aliphatic heterocycles. The molecule has 1 unspecified atom stereocenters. The zero-order chi connectivity index (χ0) is 20.2. The molecule has 3 heterocycles. The summed E-state index contributed by atoms with van der Waals surface area (Å²) in [6.07, 6.45) is 4.86. The number of rotatable bonds is 5. The molecule has 0 radical (unpaired) electrons. The van der Waals surface area contributed by atoms with Gasteiger partial charge in [0, 0.05) is 42.9 Å². The lowest BCUT2D eigenvalue weighted by molar-refractivity contribution is -0.134. The fourth-order valence-electron chi connectivity index (χ4n) is 4.73. The molecule has 152 valence electrons. The minimum Gasteiger partial charge on any atom is -0.492 e. The van der Waals surface area contributed by atoms with Gasteiger partial charge in [-0.1, -0.05) is 17.7 Å². The number of nitrogens with zero attached hydrogens (tertiary/aromatic N) is 1. The van der Waals surface area contributed by atoms with Crippen molar-refractivity contribution in [1.82, 2.24) is 10.2 Å². The molecule has 2 fully saturated rings. The van der Waals surface area contributed by atoms with Gasteiger partial charge in [0.25, 0.3) is 0 Å². The van der Waals surface area contributed by atoms with E-state index in [1.165, 1.54) is 0 Å². The highest BCUT2D eigenvalue weighted by atomic mass is 16.5. The average Bonchev–Trinajstić information content (AvgIpc) is 3.14. The summed E-state index contributed by atoms with van der Waals surface area (Å²) < 4.78 is 11.8. The molecule has 6 rings (SSSR count). The van der Waals surface area contributed by atoms with Crippen molar-refractivity contribution in [2.75, 3.05) is 26.2 Å². The Morgan fingerprint density at radius 2 is 2.10 bits per heavy atom. The van der Waals surface area contributed by atoms with Crippen LogP contribution in [-0.2, 0) is 9.59 Å². The average molecular weight is 402 g/mol. The van der Waals surface area contributed by atoms with E-state index in [1.807, 2.05) is 24.3 Å². The minimum atomic E-state index is -0.359. The van der Waals surface area contributed by atoms with E-state index in [9.17, 15) is 9.59 Å². The first-order valence-electron chi connectivity index (χ1n) is 10.5. The van der Waals surface area contributed by atoms with Gasteiger partial charge in [0.1, 0.15) is 17.9 Å². The number of amides is 2. The van der Waals surface area contributed by atoms with Crippen LogP contribution in [0.3, 0.4) is 0 Å². The fraction of sp³-hybridized carbons (Fsp3) is 0.333. The van der Waals surface area contributed by atoms with Crippen LogP contribution in [0.1, 0.15) is 24.3 Å². The van der Waals surface area contributed by atoms with Gasteiger partial charge >= 0.3 is 0 Å². The molecule has 0 spiro atoms. The van der Waals surface area contributed by atoms with E-state index in [2.05, 4.69) is 22.4 Å². The summed E-state index contributed by atoms with van der Waals surface area (Å²) in [5, 5.41) is 5.45. The monoisotopic (exact) mass is 402 g/mol. The van der Waals surface area contributed by atoms with Crippen molar-refractivity contribution in [3.63, 3.8) is 0 Å². The summed E-state index contributed by atoms with van der Waals surface area (Å²) in [6.45, 7) is 3.83. The molecule has 2 atom stereocenters.